The predicted molar refractivity (Wildman–Crippen MR) is 56.0 cm³/mol. The van der Waals surface area contributed by atoms with Crippen molar-refractivity contribution in [3.63, 3.8) is 0 Å². The first kappa shape index (κ1) is 11.1. The minimum absolute atomic E-state index is 0.00931. The number of carbonyl (C=O) groups excluding carboxylic acids is 1. The van der Waals surface area contributed by atoms with Crippen molar-refractivity contribution in [1.29, 1.82) is 0 Å². The maximum Gasteiger partial charge on any atom is 0.407 e. The Morgan fingerprint density at radius 1 is 1.50 bits per heavy atom. The van der Waals surface area contributed by atoms with Crippen LogP contribution in [0.15, 0.2) is 12.2 Å². The molecule has 1 heterocycles. The summed E-state index contributed by atoms with van der Waals surface area (Å²) in [5, 5.41) is 2.83. The fraction of sp³-hybridized carbons (Fsp3) is 0.727. The molecule has 3 heteroatoms. The van der Waals surface area contributed by atoms with Crippen molar-refractivity contribution in [2.24, 2.45) is 11.8 Å². The number of ether oxygens (including phenoxy) is 1. The van der Waals surface area contributed by atoms with E-state index in [1.807, 2.05) is 26.0 Å². The summed E-state index contributed by atoms with van der Waals surface area (Å²) in [6, 6.07) is 0.108. The lowest BCUT2D eigenvalue weighted by Crippen LogP contribution is -2.52. The zero-order chi connectivity index (χ0) is 10.7. The molecular weight excluding hydrogens is 178 g/mol. The molecule has 0 aromatic carbocycles. The first-order chi connectivity index (χ1) is 6.56. The minimum atomic E-state index is -0.308. The standard InChI is InChI=1S/C11H19NO2/c1-5-6-9-10(7(2)3)8(4)14-11(13)12-9/h5-10H,1-4H3,(H,12,13)/b6-5+/t8-,9+,10-/m0/s1. The van der Waals surface area contributed by atoms with Gasteiger partial charge in [0, 0.05) is 5.92 Å². The largest absolute Gasteiger partial charge is 0.446 e. The fourth-order valence-corrected chi connectivity index (χ4v) is 2.15. The highest BCUT2D eigenvalue weighted by Gasteiger charge is 2.35. The lowest BCUT2D eigenvalue weighted by Gasteiger charge is -2.37. The Hall–Kier alpha value is -0.990. The van der Waals surface area contributed by atoms with Gasteiger partial charge in [-0.2, -0.15) is 0 Å². The Bertz CT molecular complexity index is 235. The second-order valence-corrected chi connectivity index (χ2v) is 4.13. The molecule has 0 saturated carbocycles. The van der Waals surface area contributed by atoms with Gasteiger partial charge in [-0.3, -0.25) is 0 Å². The number of cyclic esters (lactones) is 1. The van der Waals surface area contributed by atoms with Crippen LogP contribution in [-0.2, 0) is 4.74 Å². The van der Waals surface area contributed by atoms with Crippen LogP contribution in [0.25, 0.3) is 0 Å². The number of alkyl carbamates (subject to hydrolysis) is 1. The number of carbonyl (C=O) groups is 1. The summed E-state index contributed by atoms with van der Waals surface area (Å²) >= 11 is 0. The molecule has 80 valence electrons. The second kappa shape index (κ2) is 4.49. The molecule has 0 unspecified atom stereocenters. The highest BCUT2D eigenvalue weighted by molar-refractivity contribution is 5.69. The van der Waals surface area contributed by atoms with Gasteiger partial charge in [0.2, 0.25) is 0 Å². The Kier molecular flexibility index (Phi) is 3.55. The normalized spacial score (nSPS) is 33.2. The van der Waals surface area contributed by atoms with Crippen LogP contribution >= 0.6 is 0 Å². The first-order valence-corrected chi connectivity index (χ1v) is 5.16. The molecule has 1 saturated heterocycles. The quantitative estimate of drug-likeness (QED) is 0.690. The molecule has 0 spiro atoms. The van der Waals surface area contributed by atoms with Gasteiger partial charge in [0.05, 0.1) is 6.04 Å². The summed E-state index contributed by atoms with van der Waals surface area (Å²) < 4.78 is 5.15. The van der Waals surface area contributed by atoms with Gasteiger partial charge < -0.3 is 10.1 Å². The molecule has 1 amide bonds. The number of hydrogen-bond donors (Lipinski definition) is 1. The number of hydrogen-bond acceptors (Lipinski definition) is 2. The minimum Gasteiger partial charge on any atom is -0.446 e. The van der Waals surface area contributed by atoms with E-state index in [9.17, 15) is 4.79 Å². The Morgan fingerprint density at radius 3 is 2.64 bits per heavy atom. The Balaban J connectivity index is 2.80. The van der Waals surface area contributed by atoms with E-state index in [1.165, 1.54) is 0 Å². The van der Waals surface area contributed by atoms with E-state index in [0.29, 0.717) is 11.8 Å². The van der Waals surface area contributed by atoms with Crippen LogP contribution in [0, 0.1) is 11.8 Å². The van der Waals surface area contributed by atoms with E-state index in [0.717, 1.165) is 0 Å². The van der Waals surface area contributed by atoms with E-state index < -0.39 is 0 Å². The molecule has 1 aliphatic heterocycles. The highest BCUT2D eigenvalue weighted by Crippen LogP contribution is 2.26. The fourth-order valence-electron chi connectivity index (χ4n) is 2.15. The third kappa shape index (κ3) is 2.28. The molecule has 1 rings (SSSR count). The zero-order valence-corrected chi connectivity index (χ0v) is 9.28. The van der Waals surface area contributed by atoms with Gasteiger partial charge in [-0.1, -0.05) is 26.0 Å². The Morgan fingerprint density at radius 2 is 2.14 bits per heavy atom. The van der Waals surface area contributed by atoms with Crippen LogP contribution in [0.5, 0.6) is 0 Å². The molecule has 3 nitrogen and oxygen atoms in total. The maximum absolute atomic E-state index is 11.2. The lowest BCUT2D eigenvalue weighted by molar-refractivity contribution is 0.0177. The van der Waals surface area contributed by atoms with Crippen molar-refractivity contribution in [3.8, 4) is 0 Å². The Labute approximate surface area is 85.5 Å². The molecule has 0 aliphatic carbocycles. The van der Waals surface area contributed by atoms with Crippen LogP contribution in [0.4, 0.5) is 4.79 Å². The molecule has 14 heavy (non-hydrogen) atoms. The van der Waals surface area contributed by atoms with Gasteiger partial charge in [0.15, 0.2) is 0 Å². The van der Waals surface area contributed by atoms with Crippen LogP contribution < -0.4 is 5.32 Å². The van der Waals surface area contributed by atoms with Crippen LogP contribution in [0.1, 0.15) is 27.7 Å². The monoisotopic (exact) mass is 197 g/mol. The summed E-state index contributed by atoms with van der Waals surface area (Å²) in [6.45, 7) is 8.22. The van der Waals surface area contributed by atoms with Gasteiger partial charge in [0.1, 0.15) is 6.10 Å². The van der Waals surface area contributed by atoms with Crippen LogP contribution in [0.3, 0.4) is 0 Å². The lowest BCUT2D eigenvalue weighted by atomic mass is 9.83. The van der Waals surface area contributed by atoms with Gasteiger partial charge in [-0.05, 0) is 19.8 Å². The van der Waals surface area contributed by atoms with Crippen molar-refractivity contribution in [2.75, 3.05) is 0 Å². The topological polar surface area (TPSA) is 38.3 Å². The summed E-state index contributed by atoms with van der Waals surface area (Å²) in [5.41, 5.74) is 0. The molecule has 0 aromatic rings. The number of nitrogens with one attached hydrogen (secondary N) is 1. The number of amides is 1. The van der Waals surface area contributed by atoms with Crippen molar-refractivity contribution >= 4 is 6.09 Å². The smallest absolute Gasteiger partial charge is 0.407 e. The third-order valence-electron chi connectivity index (χ3n) is 2.70. The molecular formula is C11H19NO2. The first-order valence-electron chi connectivity index (χ1n) is 5.16. The van der Waals surface area contributed by atoms with Gasteiger partial charge in [-0.15, -0.1) is 0 Å². The van der Waals surface area contributed by atoms with Crippen molar-refractivity contribution < 1.29 is 9.53 Å². The SMILES string of the molecule is C/C=C/[C@H]1NC(=O)O[C@@H](C)[C@@H]1C(C)C. The number of rotatable bonds is 2. The zero-order valence-electron chi connectivity index (χ0n) is 9.28. The maximum atomic E-state index is 11.2. The third-order valence-corrected chi connectivity index (χ3v) is 2.70. The molecule has 3 atom stereocenters. The molecule has 1 fully saturated rings. The molecule has 1 N–H and O–H groups in total. The molecule has 0 radical (unpaired) electrons. The van der Waals surface area contributed by atoms with E-state index in [4.69, 9.17) is 4.74 Å². The molecule has 1 aliphatic rings. The highest BCUT2D eigenvalue weighted by atomic mass is 16.6. The second-order valence-electron chi connectivity index (χ2n) is 4.13. The molecule has 0 bridgehead atoms. The van der Waals surface area contributed by atoms with Crippen molar-refractivity contribution in [2.45, 2.75) is 39.8 Å². The summed E-state index contributed by atoms with van der Waals surface area (Å²) in [4.78, 5) is 11.2. The number of allylic oxidation sites excluding steroid dienone is 1. The van der Waals surface area contributed by atoms with E-state index in [2.05, 4.69) is 19.2 Å². The predicted octanol–water partition coefficient (Wildman–Crippen LogP) is 2.33. The van der Waals surface area contributed by atoms with Crippen LogP contribution in [0.2, 0.25) is 0 Å². The van der Waals surface area contributed by atoms with Gasteiger partial charge in [0.25, 0.3) is 0 Å². The van der Waals surface area contributed by atoms with Crippen molar-refractivity contribution in [3.05, 3.63) is 12.2 Å². The summed E-state index contributed by atoms with van der Waals surface area (Å²) in [6.07, 6.45) is 3.68. The van der Waals surface area contributed by atoms with Gasteiger partial charge >= 0.3 is 6.09 Å². The average molecular weight is 197 g/mol. The average Bonchev–Trinajstić information content (AvgIpc) is 2.01. The van der Waals surface area contributed by atoms with Gasteiger partial charge in [-0.25, -0.2) is 4.79 Å². The molecule has 0 aromatic heterocycles. The summed E-state index contributed by atoms with van der Waals surface area (Å²) in [5.74, 6) is 0.843. The van der Waals surface area contributed by atoms with Crippen LogP contribution in [-0.4, -0.2) is 18.2 Å². The summed E-state index contributed by atoms with van der Waals surface area (Å²) in [7, 11) is 0. The van der Waals surface area contributed by atoms with Crippen molar-refractivity contribution in [1.82, 2.24) is 5.32 Å². The van der Waals surface area contributed by atoms with E-state index in [-0.39, 0.29) is 18.2 Å². The van der Waals surface area contributed by atoms with E-state index >= 15 is 0 Å². The van der Waals surface area contributed by atoms with E-state index in [1.54, 1.807) is 0 Å².